The van der Waals surface area contributed by atoms with Gasteiger partial charge in [0.2, 0.25) is 0 Å². The number of benzene rings is 1. The molecular formula is C13H15BrN4O. The molecule has 0 atom stereocenters. The van der Waals surface area contributed by atoms with E-state index in [-0.39, 0.29) is 5.56 Å². The van der Waals surface area contributed by atoms with Gasteiger partial charge in [0.05, 0.1) is 11.9 Å². The first-order valence-corrected chi connectivity index (χ1v) is 6.75. The van der Waals surface area contributed by atoms with Gasteiger partial charge in [-0.1, -0.05) is 12.1 Å². The van der Waals surface area contributed by atoms with Crippen LogP contribution in [0.4, 0.5) is 11.4 Å². The summed E-state index contributed by atoms with van der Waals surface area (Å²) >= 11 is 3.30. The first-order valence-electron chi connectivity index (χ1n) is 5.95. The minimum absolute atomic E-state index is 0.134. The SMILES string of the molecule is CCn1ncc(NCc2ccc(N)cc2)c(Br)c1=O. The van der Waals surface area contributed by atoms with Gasteiger partial charge in [-0.3, -0.25) is 4.79 Å². The van der Waals surface area contributed by atoms with Crippen LogP contribution in [0.5, 0.6) is 0 Å². The number of nitrogen functional groups attached to an aromatic ring is 1. The van der Waals surface area contributed by atoms with Crippen LogP contribution in [0.1, 0.15) is 12.5 Å². The van der Waals surface area contributed by atoms with Gasteiger partial charge < -0.3 is 11.1 Å². The van der Waals surface area contributed by atoms with Crippen molar-refractivity contribution < 1.29 is 0 Å². The second-order valence-electron chi connectivity index (χ2n) is 4.09. The summed E-state index contributed by atoms with van der Waals surface area (Å²) in [5, 5.41) is 7.25. The van der Waals surface area contributed by atoms with Gasteiger partial charge in [-0.05, 0) is 40.5 Å². The third-order valence-corrected chi connectivity index (χ3v) is 3.51. The van der Waals surface area contributed by atoms with Crippen molar-refractivity contribution in [1.29, 1.82) is 0 Å². The Balaban J connectivity index is 2.14. The van der Waals surface area contributed by atoms with E-state index in [2.05, 4.69) is 26.3 Å². The van der Waals surface area contributed by atoms with Gasteiger partial charge in [0.15, 0.2) is 0 Å². The van der Waals surface area contributed by atoms with Crippen molar-refractivity contribution in [3.05, 3.63) is 50.9 Å². The second kappa shape index (κ2) is 5.88. The maximum Gasteiger partial charge on any atom is 0.283 e. The third-order valence-electron chi connectivity index (χ3n) is 2.75. The van der Waals surface area contributed by atoms with E-state index in [1.54, 1.807) is 6.20 Å². The van der Waals surface area contributed by atoms with Crippen LogP contribution < -0.4 is 16.6 Å². The molecule has 0 radical (unpaired) electrons. The topological polar surface area (TPSA) is 72.9 Å². The molecule has 0 aliphatic heterocycles. The molecule has 1 heterocycles. The van der Waals surface area contributed by atoms with Crippen molar-refractivity contribution in [2.45, 2.75) is 20.0 Å². The van der Waals surface area contributed by atoms with Crippen LogP contribution >= 0.6 is 15.9 Å². The largest absolute Gasteiger partial charge is 0.399 e. The van der Waals surface area contributed by atoms with Gasteiger partial charge in [-0.25, -0.2) is 4.68 Å². The predicted molar refractivity (Wildman–Crippen MR) is 80.1 cm³/mol. The molecule has 0 spiro atoms. The summed E-state index contributed by atoms with van der Waals surface area (Å²) in [4.78, 5) is 11.9. The fraction of sp³-hybridized carbons (Fsp3) is 0.231. The monoisotopic (exact) mass is 322 g/mol. The van der Waals surface area contributed by atoms with E-state index >= 15 is 0 Å². The van der Waals surface area contributed by atoms with Gasteiger partial charge in [-0.15, -0.1) is 0 Å². The van der Waals surface area contributed by atoms with Crippen LogP contribution in [-0.4, -0.2) is 9.78 Å². The molecule has 3 N–H and O–H groups in total. The van der Waals surface area contributed by atoms with E-state index in [1.807, 2.05) is 31.2 Å². The number of nitrogens with one attached hydrogen (secondary N) is 1. The van der Waals surface area contributed by atoms with E-state index in [4.69, 9.17) is 5.73 Å². The predicted octanol–water partition coefficient (Wildman–Crippen LogP) is 2.22. The van der Waals surface area contributed by atoms with Crippen LogP contribution in [0.2, 0.25) is 0 Å². The lowest BCUT2D eigenvalue weighted by Crippen LogP contribution is -2.23. The number of aromatic nitrogens is 2. The summed E-state index contributed by atoms with van der Waals surface area (Å²) in [5.41, 5.74) is 8.00. The fourth-order valence-corrected chi connectivity index (χ4v) is 2.09. The highest BCUT2D eigenvalue weighted by atomic mass is 79.9. The Bertz CT molecular complexity index is 622. The average Bonchev–Trinajstić information content (AvgIpc) is 2.42. The zero-order valence-electron chi connectivity index (χ0n) is 10.6. The number of hydrogen-bond donors (Lipinski definition) is 2. The minimum Gasteiger partial charge on any atom is -0.399 e. The van der Waals surface area contributed by atoms with E-state index in [1.165, 1.54) is 4.68 Å². The first kappa shape index (κ1) is 13.6. The second-order valence-corrected chi connectivity index (χ2v) is 4.88. The summed E-state index contributed by atoms with van der Waals surface area (Å²) in [5.74, 6) is 0. The number of anilines is 2. The maximum absolute atomic E-state index is 11.9. The number of halogens is 1. The van der Waals surface area contributed by atoms with Crippen molar-refractivity contribution in [2.75, 3.05) is 11.1 Å². The Labute approximate surface area is 119 Å². The number of aryl methyl sites for hydroxylation is 1. The summed E-state index contributed by atoms with van der Waals surface area (Å²) < 4.78 is 1.90. The highest BCUT2D eigenvalue weighted by molar-refractivity contribution is 9.10. The molecule has 1 aromatic heterocycles. The molecular weight excluding hydrogens is 308 g/mol. The van der Waals surface area contributed by atoms with Crippen molar-refractivity contribution >= 4 is 27.3 Å². The standard InChI is InChI=1S/C13H15BrN4O/c1-2-18-13(19)12(14)11(8-17-18)16-7-9-3-5-10(15)6-4-9/h3-6,8,16H,2,7,15H2,1H3. The molecule has 100 valence electrons. The zero-order valence-corrected chi connectivity index (χ0v) is 12.1. The molecule has 0 bridgehead atoms. The molecule has 0 aliphatic carbocycles. The molecule has 1 aromatic carbocycles. The van der Waals surface area contributed by atoms with Gasteiger partial charge in [0.25, 0.3) is 5.56 Å². The van der Waals surface area contributed by atoms with E-state index in [0.717, 1.165) is 11.3 Å². The molecule has 5 nitrogen and oxygen atoms in total. The quantitative estimate of drug-likeness (QED) is 0.846. The summed E-state index contributed by atoms with van der Waals surface area (Å²) in [6.07, 6.45) is 1.65. The highest BCUT2D eigenvalue weighted by Gasteiger charge is 2.07. The molecule has 0 unspecified atom stereocenters. The number of nitrogens with zero attached hydrogens (tertiary/aromatic N) is 2. The molecule has 6 heteroatoms. The molecule has 0 saturated carbocycles. The van der Waals surface area contributed by atoms with E-state index in [0.29, 0.717) is 23.2 Å². The van der Waals surface area contributed by atoms with Crippen LogP contribution in [0.25, 0.3) is 0 Å². The van der Waals surface area contributed by atoms with Crippen LogP contribution in [0.3, 0.4) is 0 Å². The fourth-order valence-electron chi connectivity index (χ4n) is 1.65. The minimum atomic E-state index is -0.134. The lowest BCUT2D eigenvalue weighted by atomic mass is 10.2. The third kappa shape index (κ3) is 3.14. The molecule has 0 fully saturated rings. The molecule has 2 rings (SSSR count). The van der Waals surface area contributed by atoms with Crippen LogP contribution in [-0.2, 0) is 13.1 Å². The van der Waals surface area contributed by atoms with E-state index in [9.17, 15) is 4.79 Å². The van der Waals surface area contributed by atoms with Crippen LogP contribution in [0.15, 0.2) is 39.7 Å². The number of rotatable bonds is 4. The Kier molecular flexibility index (Phi) is 4.21. The molecule has 0 aliphatic rings. The van der Waals surface area contributed by atoms with Crippen molar-refractivity contribution in [1.82, 2.24) is 9.78 Å². The van der Waals surface area contributed by atoms with Gasteiger partial charge in [0.1, 0.15) is 4.47 Å². The van der Waals surface area contributed by atoms with E-state index < -0.39 is 0 Å². The molecule has 2 aromatic rings. The lowest BCUT2D eigenvalue weighted by molar-refractivity contribution is 0.613. The highest BCUT2D eigenvalue weighted by Crippen LogP contribution is 2.17. The Morgan fingerprint density at radius 2 is 2.05 bits per heavy atom. The zero-order chi connectivity index (χ0) is 13.8. The molecule has 0 saturated heterocycles. The molecule has 19 heavy (non-hydrogen) atoms. The maximum atomic E-state index is 11.9. The van der Waals surface area contributed by atoms with Gasteiger partial charge >= 0.3 is 0 Å². The Morgan fingerprint density at radius 1 is 1.37 bits per heavy atom. The van der Waals surface area contributed by atoms with Crippen molar-refractivity contribution in [3.8, 4) is 0 Å². The smallest absolute Gasteiger partial charge is 0.283 e. The number of nitrogens with two attached hydrogens (primary N) is 1. The average molecular weight is 323 g/mol. The van der Waals surface area contributed by atoms with Crippen molar-refractivity contribution in [3.63, 3.8) is 0 Å². The summed E-state index contributed by atoms with van der Waals surface area (Å²) in [6, 6.07) is 7.58. The Morgan fingerprint density at radius 3 is 2.68 bits per heavy atom. The Hall–Kier alpha value is -1.82. The molecule has 0 amide bonds. The first-order chi connectivity index (χ1) is 9.11. The lowest BCUT2D eigenvalue weighted by Gasteiger charge is -2.09. The summed E-state index contributed by atoms with van der Waals surface area (Å²) in [6.45, 7) is 3.04. The van der Waals surface area contributed by atoms with Crippen LogP contribution in [0, 0.1) is 0 Å². The van der Waals surface area contributed by atoms with Crippen molar-refractivity contribution in [2.24, 2.45) is 0 Å². The summed E-state index contributed by atoms with van der Waals surface area (Å²) in [7, 11) is 0. The normalized spacial score (nSPS) is 10.4. The van der Waals surface area contributed by atoms with Gasteiger partial charge in [0, 0.05) is 18.8 Å². The number of hydrogen-bond acceptors (Lipinski definition) is 4. The van der Waals surface area contributed by atoms with Gasteiger partial charge in [-0.2, -0.15) is 5.10 Å².